The number of hydrogen-bond donors (Lipinski definition) is 0. The van der Waals surface area contributed by atoms with Crippen LogP contribution in [0.3, 0.4) is 0 Å². The Kier molecular flexibility index (Phi) is 3.85. The van der Waals surface area contributed by atoms with E-state index in [1.54, 1.807) is 23.1 Å². The number of aromatic nitrogens is 3. The molecular formula is C17H13N3OS2. The first-order chi connectivity index (χ1) is 11.3. The van der Waals surface area contributed by atoms with Gasteiger partial charge in [-0.2, -0.15) is 0 Å². The average Bonchev–Trinajstić information content (AvgIpc) is 3.26. The second-order valence-electron chi connectivity index (χ2n) is 5.03. The summed E-state index contributed by atoms with van der Waals surface area (Å²) in [7, 11) is 0. The van der Waals surface area contributed by atoms with Crippen LogP contribution in [0.25, 0.3) is 21.7 Å². The van der Waals surface area contributed by atoms with Crippen molar-refractivity contribution in [2.45, 2.75) is 17.2 Å². The molecule has 0 saturated heterocycles. The summed E-state index contributed by atoms with van der Waals surface area (Å²) < 4.78 is 5.79. The van der Waals surface area contributed by atoms with Gasteiger partial charge in [0.15, 0.2) is 0 Å². The van der Waals surface area contributed by atoms with Gasteiger partial charge in [-0.15, -0.1) is 21.5 Å². The van der Waals surface area contributed by atoms with Crippen LogP contribution in [0, 0.1) is 0 Å². The summed E-state index contributed by atoms with van der Waals surface area (Å²) in [6.07, 6.45) is 0. The van der Waals surface area contributed by atoms with Crippen molar-refractivity contribution < 1.29 is 4.42 Å². The van der Waals surface area contributed by atoms with E-state index in [9.17, 15) is 0 Å². The summed E-state index contributed by atoms with van der Waals surface area (Å²) in [5.41, 5.74) is 0.995. The minimum Gasteiger partial charge on any atom is -0.419 e. The van der Waals surface area contributed by atoms with E-state index in [1.807, 2.05) is 48.7 Å². The molecule has 23 heavy (non-hydrogen) atoms. The molecule has 6 heteroatoms. The molecule has 0 aliphatic carbocycles. The second-order valence-corrected chi connectivity index (χ2v) is 7.33. The fraction of sp³-hybridized carbons (Fsp3) is 0.118. The second kappa shape index (κ2) is 6.14. The topological polar surface area (TPSA) is 51.8 Å². The van der Waals surface area contributed by atoms with Crippen molar-refractivity contribution in [3.8, 4) is 10.8 Å². The molecule has 0 saturated carbocycles. The molecule has 0 aliphatic rings. The molecule has 0 N–H and O–H groups in total. The maximum Gasteiger partial charge on any atom is 0.257 e. The summed E-state index contributed by atoms with van der Waals surface area (Å²) in [6.45, 7) is 2.05. The number of para-hydroxylation sites is 1. The first-order valence-corrected chi connectivity index (χ1v) is 8.95. The van der Waals surface area contributed by atoms with Gasteiger partial charge in [0.1, 0.15) is 0 Å². The van der Waals surface area contributed by atoms with Crippen LogP contribution in [0.15, 0.2) is 63.4 Å². The minimum absolute atomic E-state index is 0.0462. The standard InChI is InChI=1S/C17H13N3OS2/c1-11(16-19-20-17(21-16)14-7-4-10-22-14)23-15-9-8-12-5-2-3-6-13(12)18-15/h2-11H,1H3/t11-/m0/s1. The lowest BCUT2D eigenvalue weighted by Gasteiger charge is -2.06. The highest BCUT2D eigenvalue weighted by atomic mass is 32.2. The van der Waals surface area contributed by atoms with Crippen LogP contribution in [-0.4, -0.2) is 15.2 Å². The molecule has 0 spiro atoms. The molecule has 0 amide bonds. The van der Waals surface area contributed by atoms with Gasteiger partial charge in [-0.3, -0.25) is 0 Å². The number of benzene rings is 1. The van der Waals surface area contributed by atoms with Crippen molar-refractivity contribution in [2.24, 2.45) is 0 Å². The molecule has 4 aromatic rings. The summed E-state index contributed by atoms with van der Waals surface area (Å²) in [5, 5.41) is 12.4. The molecule has 0 radical (unpaired) electrons. The largest absolute Gasteiger partial charge is 0.419 e. The summed E-state index contributed by atoms with van der Waals surface area (Å²) in [5.74, 6) is 1.20. The smallest absolute Gasteiger partial charge is 0.257 e. The third-order valence-corrected chi connectivity index (χ3v) is 5.27. The quantitative estimate of drug-likeness (QED) is 0.478. The van der Waals surface area contributed by atoms with E-state index in [-0.39, 0.29) is 5.25 Å². The zero-order valence-electron chi connectivity index (χ0n) is 12.3. The maximum absolute atomic E-state index is 5.79. The van der Waals surface area contributed by atoms with E-state index in [0.29, 0.717) is 11.8 Å². The van der Waals surface area contributed by atoms with Crippen molar-refractivity contribution in [1.29, 1.82) is 0 Å². The zero-order chi connectivity index (χ0) is 15.6. The Hall–Kier alpha value is -2.18. The van der Waals surface area contributed by atoms with Crippen LogP contribution in [0.4, 0.5) is 0 Å². The monoisotopic (exact) mass is 339 g/mol. The first kappa shape index (κ1) is 14.4. The van der Waals surface area contributed by atoms with E-state index in [2.05, 4.69) is 27.3 Å². The third-order valence-electron chi connectivity index (χ3n) is 3.39. The Bertz CT molecular complexity index is 934. The van der Waals surface area contributed by atoms with E-state index < -0.39 is 0 Å². The van der Waals surface area contributed by atoms with Gasteiger partial charge >= 0.3 is 0 Å². The number of thioether (sulfide) groups is 1. The lowest BCUT2D eigenvalue weighted by Crippen LogP contribution is -1.90. The van der Waals surface area contributed by atoms with E-state index in [4.69, 9.17) is 4.42 Å². The SMILES string of the molecule is C[C@H](Sc1ccc2ccccc2n1)c1nnc(-c2cccs2)o1. The van der Waals surface area contributed by atoms with Crippen molar-refractivity contribution in [1.82, 2.24) is 15.2 Å². The minimum atomic E-state index is 0.0462. The molecule has 3 heterocycles. The molecule has 114 valence electrons. The fourth-order valence-electron chi connectivity index (χ4n) is 2.24. The Morgan fingerprint density at radius 3 is 2.83 bits per heavy atom. The molecule has 4 rings (SSSR count). The van der Waals surface area contributed by atoms with Crippen LogP contribution in [0.1, 0.15) is 18.1 Å². The molecular weight excluding hydrogens is 326 g/mol. The lowest BCUT2D eigenvalue weighted by molar-refractivity contribution is 0.510. The Labute approximate surface area is 141 Å². The molecule has 0 aliphatic heterocycles. The highest BCUT2D eigenvalue weighted by Gasteiger charge is 2.17. The van der Waals surface area contributed by atoms with E-state index in [0.717, 1.165) is 20.8 Å². The van der Waals surface area contributed by atoms with Crippen LogP contribution < -0.4 is 0 Å². The van der Waals surface area contributed by atoms with Crippen LogP contribution >= 0.6 is 23.1 Å². The molecule has 3 aromatic heterocycles. The van der Waals surface area contributed by atoms with Crippen LogP contribution in [0.5, 0.6) is 0 Å². The number of rotatable bonds is 4. The zero-order valence-corrected chi connectivity index (χ0v) is 14.0. The van der Waals surface area contributed by atoms with Crippen molar-refractivity contribution in [2.75, 3.05) is 0 Å². The third kappa shape index (κ3) is 3.00. The summed E-state index contributed by atoms with van der Waals surface area (Å²) >= 11 is 3.21. The molecule has 1 aromatic carbocycles. The highest BCUT2D eigenvalue weighted by Crippen LogP contribution is 2.35. The predicted octanol–water partition coefficient (Wildman–Crippen LogP) is 5.20. The highest BCUT2D eigenvalue weighted by molar-refractivity contribution is 7.99. The van der Waals surface area contributed by atoms with Gasteiger partial charge in [-0.1, -0.05) is 42.1 Å². The van der Waals surface area contributed by atoms with Crippen molar-refractivity contribution in [3.05, 3.63) is 59.8 Å². The molecule has 4 nitrogen and oxygen atoms in total. The molecule has 0 fully saturated rings. The normalized spacial score (nSPS) is 12.6. The Balaban J connectivity index is 1.55. The van der Waals surface area contributed by atoms with Gasteiger partial charge in [-0.05, 0) is 30.5 Å². The van der Waals surface area contributed by atoms with Gasteiger partial charge in [-0.25, -0.2) is 4.98 Å². The average molecular weight is 339 g/mol. The molecule has 0 unspecified atom stereocenters. The van der Waals surface area contributed by atoms with Crippen LogP contribution in [0.2, 0.25) is 0 Å². The van der Waals surface area contributed by atoms with Gasteiger partial charge in [0, 0.05) is 5.39 Å². The number of hydrogen-bond acceptors (Lipinski definition) is 6. The fourth-order valence-corrected chi connectivity index (χ4v) is 3.74. The number of pyridine rings is 1. The predicted molar refractivity (Wildman–Crippen MR) is 93.6 cm³/mol. The van der Waals surface area contributed by atoms with Crippen LogP contribution in [-0.2, 0) is 0 Å². The summed E-state index contributed by atoms with van der Waals surface area (Å²) in [4.78, 5) is 5.66. The molecule has 0 bridgehead atoms. The number of nitrogens with zero attached hydrogens (tertiary/aromatic N) is 3. The van der Waals surface area contributed by atoms with Crippen molar-refractivity contribution >= 4 is 34.0 Å². The lowest BCUT2D eigenvalue weighted by atomic mass is 10.2. The van der Waals surface area contributed by atoms with Gasteiger partial charge in [0.25, 0.3) is 5.89 Å². The Morgan fingerprint density at radius 1 is 1.04 bits per heavy atom. The van der Waals surface area contributed by atoms with Gasteiger partial charge in [0.05, 0.1) is 20.7 Å². The van der Waals surface area contributed by atoms with Crippen molar-refractivity contribution in [3.63, 3.8) is 0 Å². The number of thiophene rings is 1. The van der Waals surface area contributed by atoms with Gasteiger partial charge < -0.3 is 4.42 Å². The Morgan fingerprint density at radius 2 is 1.96 bits per heavy atom. The van der Waals surface area contributed by atoms with E-state index >= 15 is 0 Å². The molecule has 1 atom stereocenters. The maximum atomic E-state index is 5.79. The van der Waals surface area contributed by atoms with Gasteiger partial charge in [0.2, 0.25) is 5.89 Å². The first-order valence-electron chi connectivity index (χ1n) is 7.19. The number of fused-ring (bicyclic) bond motifs is 1. The van der Waals surface area contributed by atoms with E-state index in [1.165, 1.54) is 0 Å². The summed E-state index contributed by atoms with van der Waals surface area (Å²) in [6, 6.07) is 16.2.